The number of primary amides is 1. The van der Waals surface area contributed by atoms with Crippen LogP contribution in [0, 0.1) is 0 Å². The molecular formula is C18H19Cl2N3O2. The second kappa shape index (κ2) is 8.34. The van der Waals surface area contributed by atoms with E-state index in [0.29, 0.717) is 27.8 Å². The number of nitrogens with one attached hydrogen (secondary N) is 1. The minimum absolute atomic E-state index is 0.158. The third-order valence-corrected chi connectivity index (χ3v) is 4.63. The molecular weight excluding hydrogens is 361 g/mol. The zero-order valence-electron chi connectivity index (χ0n) is 13.9. The summed E-state index contributed by atoms with van der Waals surface area (Å²) in [6.45, 7) is 2.36. The van der Waals surface area contributed by atoms with Crippen molar-refractivity contribution in [3.63, 3.8) is 0 Å². The first-order chi connectivity index (χ1) is 11.8. The molecule has 7 heteroatoms. The Balaban J connectivity index is 1.98. The Morgan fingerprint density at radius 2 is 1.76 bits per heavy atom. The fourth-order valence-corrected chi connectivity index (χ4v) is 2.55. The molecule has 1 atom stereocenters. The predicted molar refractivity (Wildman–Crippen MR) is 101 cm³/mol. The Kier molecular flexibility index (Phi) is 6.42. The van der Waals surface area contributed by atoms with Crippen LogP contribution in [0.1, 0.15) is 22.8 Å². The zero-order valence-corrected chi connectivity index (χ0v) is 15.4. The molecule has 0 bridgehead atoms. The van der Waals surface area contributed by atoms with Crippen LogP contribution in [0.2, 0.25) is 10.0 Å². The van der Waals surface area contributed by atoms with Crippen molar-refractivity contribution in [3.05, 3.63) is 63.6 Å². The van der Waals surface area contributed by atoms with Gasteiger partial charge in [-0.15, -0.1) is 0 Å². The van der Waals surface area contributed by atoms with Crippen molar-refractivity contribution in [2.45, 2.75) is 19.5 Å². The summed E-state index contributed by atoms with van der Waals surface area (Å²) in [5.41, 5.74) is 7.15. The van der Waals surface area contributed by atoms with Gasteiger partial charge in [0.15, 0.2) is 0 Å². The van der Waals surface area contributed by atoms with Crippen LogP contribution in [0.3, 0.4) is 0 Å². The van der Waals surface area contributed by atoms with E-state index in [1.807, 2.05) is 24.9 Å². The highest BCUT2D eigenvalue weighted by atomic mass is 35.5. The van der Waals surface area contributed by atoms with Gasteiger partial charge in [0.05, 0.1) is 16.1 Å². The number of benzene rings is 2. The molecule has 0 aliphatic heterocycles. The number of carbonyl (C=O) groups is 2. The molecule has 0 radical (unpaired) electrons. The molecule has 2 rings (SSSR count). The molecule has 0 spiro atoms. The average Bonchev–Trinajstić information content (AvgIpc) is 2.57. The van der Waals surface area contributed by atoms with Crippen LogP contribution in [-0.4, -0.2) is 29.8 Å². The number of carbonyl (C=O) groups excluding carboxylic acids is 2. The van der Waals surface area contributed by atoms with Crippen molar-refractivity contribution in [2.75, 3.05) is 12.4 Å². The molecule has 2 aromatic carbocycles. The number of amides is 2. The summed E-state index contributed by atoms with van der Waals surface area (Å²) in [6.07, 6.45) is 0. The predicted octanol–water partition coefficient (Wildman–Crippen LogP) is 3.55. The van der Waals surface area contributed by atoms with Gasteiger partial charge in [0.2, 0.25) is 11.8 Å². The van der Waals surface area contributed by atoms with Gasteiger partial charge in [-0.05, 0) is 55.9 Å². The summed E-state index contributed by atoms with van der Waals surface area (Å²) in [5, 5.41) is 3.80. The normalized spacial score (nSPS) is 12.0. The molecule has 25 heavy (non-hydrogen) atoms. The van der Waals surface area contributed by atoms with Crippen molar-refractivity contribution in [1.29, 1.82) is 0 Å². The lowest BCUT2D eigenvalue weighted by Crippen LogP contribution is -2.39. The van der Waals surface area contributed by atoms with Gasteiger partial charge in [-0.25, -0.2) is 0 Å². The van der Waals surface area contributed by atoms with Gasteiger partial charge in [-0.3, -0.25) is 14.5 Å². The monoisotopic (exact) mass is 379 g/mol. The van der Waals surface area contributed by atoms with Crippen LogP contribution in [0.15, 0.2) is 42.5 Å². The van der Waals surface area contributed by atoms with Gasteiger partial charge in [0.1, 0.15) is 0 Å². The van der Waals surface area contributed by atoms with Crippen molar-refractivity contribution in [1.82, 2.24) is 4.90 Å². The Morgan fingerprint density at radius 3 is 2.32 bits per heavy atom. The lowest BCUT2D eigenvalue weighted by Gasteiger charge is -2.24. The average molecular weight is 380 g/mol. The topological polar surface area (TPSA) is 75.4 Å². The number of hydrogen-bond acceptors (Lipinski definition) is 3. The van der Waals surface area contributed by atoms with E-state index in [1.54, 1.807) is 36.4 Å². The number of anilines is 1. The number of halogens is 2. The Hall–Kier alpha value is -2.08. The zero-order chi connectivity index (χ0) is 18.6. The Morgan fingerprint density at radius 1 is 1.12 bits per heavy atom. The molecule has 0 aromatic heterocycles. The highest BCUT2D eigenvalue weighted by molar-refractivity contribution is 6.42. The molecule has 2 aromatic rings. The molecule has 132 valence electrons. The summed E-state index contributed by atoms with van der Waals surface area (Å²) < 4.78 is 0. The summed E-state index contributed by atoms with van der Waals surface area (Å²) in [7, 11) is 1.85. The lowest BCUT2D eigenvalue weighted by atomic mass is 10.1. The first-order valence-electron chi connectivity index (χ1n) is 7.63. The van der Waals surface area contributed by atoms with Gasteiger partial charge in [0, 0.05) is 17.8 Å². The maximum Gasteiger partial charge on any atom is 0.248 e. The third-order valence-electron chi connectivity index (χ3n) is 3.89. The summed E-state index contributed by atoms with van der Waals surface area (Å²) in [4.78, 5) is 25.3. The van der Waals surface area contributed by atoms with E-state index in [0.717, 1.165) is 5.56 Å². The molecule has 0 fully saturated rings. The number of rotatable bonds is 6. The van der Waals surface area contributed by atoms with Gasteiger partial charge in [0.25, 0.3) is 0 Å². The SMILES string of the molecule is C[C@@H](C(=O)Nc1ccc(C(N)=O)cc1)N(C)Cc1ccc(Cl)c(Cl)c1. The Labute approximate surface area is 156 Å². The van der Waals surface area contributed by atoms with Crippen LogP contribution >= 0.6 is 23.2 Å². The van der Waals surface area contributed by atoms with Crippen LogP contribution in [0.25, 0.3) is 0 Å². The highest BCUT2D eigenvalue weighted by Crippen LogP contribution is 2.23. The number of nitrogens with two attached hydrogens (primary N) is 1. The molecule has 3 N–H and O–H groups in total. The molecule has 0 saturated heterocycles. The highest BCUT2D eigenvalue weighted by Gasteiger charge is 2.18. The minimum atomic E-state index is -0.507. The fraction of sp³-hybridized carbons (Fsp3) is 0.222. The van der Waals surface area contributed by atoms with Crippen LogP contribution in [0.5, 0.6) is 0 Å². The van der Waals surface area contributed by atoms with Gasteiger partial charge >= 0.3 is 0 Å². The summed E-state index contributed by atoms with van der Waals surface area (Å²) >= 11 is 11.9. The molecule has 0 aliphatic rings. The van der Waals surface area contributed by atoms with E-state index in [9.17, 15) is 9.59 Å². The molecule has 2 amide bonds. The van der Waals surface area contributed by atoms with Crippen LogP contribution in [-0.2, 0) is 11.3 Å². The minimum Gasteiger partial charge on any atom is -0.366 e. The van der Waals surface area contributed by atoms with Crippen molar-refractivity contribution in [2.24, 2.45) is 5.73 Å². The maximum absolute atomic E-state index is 12.4. The van der Waals surface area contributed by atoms with Crippen LogP contribution in [0.4, 0.5) is 5.69 Å². The quantitative estimate of drug-likeness (QED) is 0.805. The van der Waals surface area contributed by atoms with Crippen molar-refractivity contribution >= 4 is 40.7 Å². The lowest BCUT2D eigenvalue weighted by molar-refractivity contribution is -0.120. The van der Waals surface area contributed by atoms with E-state index < -0.39 is 5.91 Å². The van der Waals surface area contributed by atoms with E-state index in [-0.39, 0.29) is 11.9 Å². The largest absolute Gasteiger partial charge is 0.366 e. The molecule has 0 aliphatic carbocycles. The second-order valence-electron chi connectivity index (χ2n) is 5.77. The fourth-order valence-electron chi connectivity index (χ4n) is 2.23. The molecule has 0 heterocycles. The van der Waals surface area contributed by atoms with Gasteiger partial charge in [-0.1, -0.05) is 29.3 Å². The first kappa shape index (κ1) is 19.2. The second-order valence-corrected chi connectivity index (χ2v) is 6.58. The first-order valence-corrected chi connectivity index (χ1v) is 8.38. The third kappa shape index (κ3) is 5.19. The number of likely N-dealkylation sites (N-methyl/N-ethyl adjacent to an activating group) is 1. The van der Waals surface area contributed by atoms with E-state index in [1.165, 1.54) is 0 Å². The number of hydrogen-bond donors (Lipinski definition) is 2. The summed E-state index contributed by atoms with van der Waals surface area (Å²) in [5.74, 6) is -0.665. The molecule has 0 unspecified atom stereocenters. The van der Waals surface area contributed by atoms with Crippen LogP contribution < -0.4 is 11.1 Å². The Bertz CT molecular complexity index is 778. The van der Waals surface area contributed by atoms with E-state index in [2.05, 4.69) is 5.32 Å². The van der Waals surface area contributed by atoms with Crippen molar-refractivity contribution in [3.8, 4) is 0 Å². The standard InChI is InChI=1S/C18H19Cl2N3O2/c1-11(23(2)10-12-3-8-15(19)16(20)9-12)18(25)22-14-6-4-13(5-7-14)17(21)24/h3-9,11H,10H2,1-2H3,(H2,21,24)(H,22,25)/t11-/m0/s1. The smallest absolute Gasteiger partial charge is 0.248 e. The molecule has 5 nitrogen and oxygen atoms in total. The van der Waals surface area contributed by atoms with E-state index in [4.69, 9.17) is 28.9 Å². The molecule has 0 saturated carbocycles. The summed E-state index contributed by atoms with van der Waals surface area (Å²) in [6, 6.07) is 11.5. The maximum atomic E-state index is 12.4. The van der Waals surface area contributed by atoms with Crippen molar-refractivity contribution < 1.29 is 9.59 Å². The van der Waals surface area contributed by atoms with Gasteiger partial charge < -0.3 is 11.1 Å². The van der Waals surface area contributed by atoms with E-state index >= 15 is 0 Å². The van der Waals surface area contributed by atoms with Gasteiger partial charge in [-0.2, -0.15) is 0 Å². The number of nitrogens with zero attached hydrogens (tertiary/aromatic N) is 1.